The highest BCUT2D eigenvalue weighted by Crippen LogP contribution is 2.42. The second kappa shape index (κ2) is 10.6. The van der Waals surface area contributed by atoms with Crippen molar-refractivity contribution in [2.24, 2.45) is 0 Å². The molecular weight excluding hydrogens is 502 g/mol. The van der Waals surface area contributed by atoms with Crippen molar-refractivity contribution in [3.8, 4) is 5.75 Å². The van der Waals surface area contributed by atoms with Gasteiger partial charge in [-0.3, -0.25) is 0 Å². The molecule has 0 amide bonds. The predicted molar refractivity (Wildman–Crippen MR) is 141 cm³/mol. The number of hydrogen-bond acceptors (Lipinski definition) is 3. The summed E-state index contributed by atoms with van der Waals surface area (Å²) < 4.78 is 66.6. The van der Waals surface area contributed by atoms with Crippen molar-refractivity contribution in [2.45, 2.75) is 77.6 Å². The summed E-state index contributed by atoms with van der Waals surface area (Å²) in [5, 5.41) is 0.277. The van der Waals surface area contributed by atoms with Crippen LogP contribution in [-0.4, -0.2) is 29.8 Å². The van der Waals surface area contributed by atoms with Crippen molar-refractivity contribution >= 4 is 23.0 Å². The lowest BCUT2D eigenvalue weighted by Crippen LogP contribution is -2.34. The molecular formula is C29H33F4NO2S. The summed E-state index contributed by atoms with van der Waals surface area (Å²) in [6, 6.07) is 7.12. The fourth-order valence-electron chi connectivity index (χ4n) is 5.39. The van der Waals surface area contributed by atoms with Crippen molar-refractivity contribution in [3.05, 3.63) is 69.5 Å². The minimum absolute atomic E-state index is 0.0218. The summed E-state index contributed by atoms with van der Waals surface area (Å²) in [6.07, 6.45) is -1.32. The molecule has 2 aliphatic rings. The zero-order valence-electron chi connectivity index (χ0n) is 21.8. The van der Waals surface area contributed by atoms with E-state index in [2.05, 4.69) is 0 Å². The Hall–Kier alpha value is -2.61. The molecule has 37 heavy (non-hydrogen) atoms. The Balaban J connectivity index is 1.69. The lowest BCUT2D eigenvalue weighted by atomic mass is 9.85. The van der Waals surface area contributed by atoms with Crippen molar-refractivity contribution in [2.75, 3.05) is 13.7 Å². The number of rotatable bonds is 6. The summed E-state index contributed by atoms with van der Waals surface area (Å²) in [5.74, 6) is 0.242. The van der Waals surface area contributed by atoms with Crippen LogP contribution in [0.15, 0.2) is 35.9 Å². The van der Waals surface area contributed by atoms with E-state index in [1.807, 2.05) is 31.7 Å². The number of benzene rings is 2. The van der Waals surface area contributed by atoms with Crippen molar-refractivity contribution in [1.29, 1.82) is 0 Å². The monoisotopic (exact) mass is 535 g/mol. The molecule has 0 spiro atoms. The number of halogens is 4. The molecule has 1 fully saturated rings. The topological polar surface area (TPSA) is 21.7 Å². The maximum atomic E-state index is 14.7. The van der Waals surface area contributed by atoms with Crippen molar-refractivity contribution in [1.82, 2.24) is 4.90 Å². The van der Waals surface area contributed by atoms with Crippen molar-refractivity contribution in [3.63, 3.8) is 0 Å². The normalized spacial score (nSPS) is 20.6. The molecule has 200 valence electrons. The average molecular weight is 536 g/mol. The van der Waals surface area contributed by atoms with E-state index in [1.165, 1.54) is 11.6 Å². The van der Waals surface area contributed by atoms with Gasteiger partial charge < -0.3 is 14.4 Å². The molecule has 2 atom stereocenters. The van der Waals surface area contributed by atoms with Gasteiger partial charge in [-0.15, -0.1) is 0 Å². The summed E-state index contributed by atoms with van der Waals surface area (Å²) >= 11 is 5.56. The van der Waals surface area contributed by atoms with Crippen LogP contribution in [0.4, 0.5) is 17.6 Å². The van der Waals surface area contributed by atoms with E-state index in [1.54, 1.807) is 20.1 Å². The first-order chi connectivity index (χ1) is 17.4. The van der Waals surface area contributed by atoms with E-state index in [0.717, 1.165) is 49.0 Å². The molecule has 2 aromatic carbocycles. The van der Waals surface area contributed by atoms with Crippen LogP contribution in [0.1, 0.15) is 86.3 Å². The minimum atomic E-state index is -4.44. The second-order valence-electron chi connectivity index (χ2n) is 10.3. The Bertz CT molecular complexity index is 1220. The zero-order valence-corrected chi connectivity index (χ0v) is 22.7. The van der Waals surface area contributed by atoms with Gasteiger partial charge in [0.1, 0.15) is 17.7 Å². The van der Waals surface area contributed by atoms with Gasteiger partial charge in [0, 0.05) is 18.2 Å². The van der Waals surface area contributed by atoms with Gasteiger partial charge in [-0.1, -0.05) is 25.5 Å². The van der Waals surface area contributed by atoms with E-state index < -0.39 is 17.8 Å². The minimum Gasteiger partial charge on any atom is -0.496 e. The van der Waals surface area contributed by atoms with Gasteiger partial charge in [0.25, 0.3) is 5.17 Å². The van der Waals surface area contributed by atoms with E-state index in [9.17, 15) is 17.6 Å². The van der Waals surface area contributed by atoms with Gasteiger partial charge in [0.2, 0.25) is 0 Å². The van der Waals surface area contributed by atoms with Crippen LogP contribution in [0.2, 0.25) is 0 Å². The molecule has 1 heterocycles. The van der Waals surface area contributed by atoms with Crippen LogP contribution in [0.25, 0.3) is 5.57 Å². The van der Waals surface area contributed by atoms with Gasteiger partial charge in [-0.05, 0) is 98.1 Å². The lowest BCUT2D eigenvalue weighted by molar-refractivity contribution is -0.137. The predicted octanol–water partition coefficient (Wildman–Crippen LogP) is 8.36. The summed E-state index contributed by atoms with van der Waals surface area (Å²) in [6.45, 7) is 8.00. The van der Waals surface area contributed by atoms with Crippen LogP contribution in [0, 0.1) is 12.7 Å². The molecule has 1 aliphatic heterocycles. The fourth-order valence-corrected chi connectivity index (χ4v) is 5.73. The third kappa shape index (κ3) is 5.64. The Morgan fingerprint density at radius 3 is 2.46 bits per heavy atom. The quantitative estimate of drug-likeness (QED) is 0.274. The Morgan fingerprint density at radius 1 is 1.11 bits per heavy atom. The Kier molecular flexibility index (Phi) is 7.88. The molecule has 8 heteroatoms. The zero-order chi connectivity index (χ0) is 27.1. The lowest BCUT2D eigenvalue weighted by Gasteiger charge is -2.29. The Morgan fingerprint density at radius 2 is 1.81 bits per heavy atom. The molecule has 3 nitrogen and oxygen atoms in total. The van der Waals surface area contributed by atoms with Crippen molar-refractivity contribution < 1.29 is 27.0 Å². The molecule has 0 bridgehead atoms. The highest BCUT2D eigenvalue weighted by atomic mass is 32.1. The maximum absolute atomic E-state index is 14.7. The van der Waals surface area contributed by atoms with E-state index >= 15 is 0 Å². The molecule has 1 aliphatic carbocycles. The molecule has 2 aromatic rings. The maximum Gasteiger partial charge on any atom is 0.416 e. The second-order valence-corrected chi connectivity index (χ2v) is 10.7. The highest BCUT2D eigenvalue weighted by Gasteiger charge is 2.39. The van der Waals surface area contributed by atoms with Gasteiger partial charge in [0.15, 0.2) is 0 Å². The van der Waals surface area contributed by atoms with Gasteiger partial charge in [-0.2, -0.15) is 13.2 Å². The first kappa shape index (κ1) is 27.4. The van der Waals surface area contributed by atoms with Gasteiger partial charge >= 0.3 is 6.18 Å². The van der Waals surface area contributed by atoms with Crippen LogP contribution >= 0.6 is 12.2 Å². The third-order valence-corrected chi connectivity index (χ3v) is 7.69. The number of methoxy groups -OCH3 is 1. The van der Waals surface area contributed by atoms with Crippen LogP contribution in [-0.2, 0) is 10.9 Å². The van der Waals surface area contributed by atoms with E-state index in [4.69, 9.17) is 21.7 Å². The number of alkyl halides is 3. The first-order valence-electron chi connectivity index (χ1n) is 12.7. The van der Waals surface area contributed by atoms with Gasteiger partial charge in [-0.25, -0.2) is 4.39 Å². The number of allylic oxidation sites excluding steroid dienone is 1. The fraction of sp³-hybridized carbons (Fsp3) is 0.483. The van der Waals surface area contributed by atoms with Crippen LogP contribution in [0.3, 0.4) is 0 Å². The number of aryl methyl sites for hydroxylation is 1. The molecule has 0 N–H and O–H groups in total. The van der Waals surface area contributed by atoms with E-state index in [-0.39, 0.29) is 23.0 Å². The number of thiocarbonyl (C=S) groups is 1. The smallest absolute Gasteiger partial charge is 0.416 e. The molecule has 1 saturated heterocycles. The molecule has 0 unspecified atom stereocenters. The molecule has 0 radical (unpaired) electrons. The SMILES string of the molecule is COc1cc(F)c(C(C)C)cc1C1=C(CN2C(=S)O[C@H](c3cc(C)cc(C(F)(F)F)c3)[C@@H]2C)CCCC1. The third-order valence-electron chi connectivity index (χ3n) is 7.36. The average Bonchev–Trinajstić information content (AvgIpc) is 3.11. The number of hydrogen-bond donors (Lipinski definition) is 0. The molecule has 0 aromatic heterocycles. The molecule has 0 saturated carbocycles. The summed E-state index contributed by atoms with van der Waals surface area (Å²) in [7, 11) is 1.55. The summed E-state index contributed by atoms with van der Waals surface area (Å²) in [4.78, 5) is 1.95. The van der Waals surface area contributed by atoms with Crippen LogP contribution < -0.4 is 4.74 Å². The largest absolute Gasteiger partial charge is 0.496 e. The van der Waals surface area contributed by atoms with Gasteiger partial charge in [0.05, 0.1) is 18.7 Å². The highest BCUT2D eigenvalue weighted by molar-refractivity contribution is 7.80. The number of nitrogens with zero attached hydrogens (tertiary/aromatic N) is 1. The molecule has 4 rings (SSSR count). The number of ether oxygens (including phenoxy) is 2. The first-order valence-corrected chi connectivity index (χ1v) is 13.1. The standard InChI is InChI=1S/C29H33F4NO2S/c1-16(2)23-13-24(26(35-5)14-25(23)30)22-9-7-6-8-19(22)15-34-18(4)27(36-28(34)37)20-10-17(3)11-21(12-20)29(31,32)33/h10-14,16,18,27H,6-9,15H2,1-5H3/t18-,27-/m0/s1. The van der Waals surface area contributed by atoms with Crippen LogP contribution in [0.5, 0.6) is 5.75 Å². The summed E-state index contributed by atoms with van der Waals surface area (Å²) in [5.41, 5.74) is 4.12. The Labute approximate surface area is 221 Å². The van der Waals surface area contributed by atoms with E-state index in [0.29, 0.717) is 29.0 Å².